The molecule has 1 unspecified atom stereocenters. The predicted octanol–water partition coefficient (Wildman–Crippen LogP) is 1.08. The molecule has 0 aromatic rings. The fourth-order valence-corrected chi connectivity index (χ4v) is 3.23. The summed E-state index contributed by atoms with van der Waals surface area (Å²) in [6.07, 6.45) is 2.78. The molecule has 0 bridgehead atoms. The molecule has 0 radical (unpaired) electrons. The Kier molecular flexibility index (Phi) is 2.12. The second-order valence-electron chi connectivity index (χ2n) is 3.37. The van der Waals surface area contributed by atoms with Crippen molar-refractivity contribution in [1.82, 2.24) is 5.32 Å². The molecule has 1 heterocycles. The third-order valence-electron chi connectivity index (χ3n) is 2.48. The van der Waals surface area contributed by atoms with E-state index in [2.05, 4.69) is 5.32 Å². The monoisotopic (exact) mass is 173 g/mol. The third-order valence-corrected chi connectivity index (χ3v) is 4.00. The first-order valence-corrected chi connectivity index (χ1v) is 5.24. The van der Waals surface area contributed by atoms with Crippen molar-refractivity contribution >= 4 is 11.8 Å². The Morgan fingerprint density at radius 2 is 2.45 bits per heavy atom. The van der Waals surface area contributed by atoms with Gasteiger partial charge in [0.25, 0.3) is 0 Å². The van der Waals surface area contributed by atoms with Crippen LogP contribution in [0.4, 0.5) is 0 Å². The lowest BCUT2D eigenvalue weighted by molar-refractivity contribution is 0.147. The summed E-state index contributed by atoms with van der Waals surface area (Å²) in [5.74, 6) is 2.13. The van der Waals surface area contributed by atoms with E-state index in [1.165, 1.54) is 18.6 Å². The molecule has 2 nitrogen and oxygen atoms in total. The van der Waals surface area contributed by atoms with Crippen LogP contribution < -0.4 is 5.32 Å². The molecule has 0 aromatic heterocycles. The first-order chi connectivity index (χ1) is 5.37. The summed E-state index contributed by atoms with van der Waals surface area (Å²) in [4.78, 5) is 0.300. The number of thioether (sulfide) groups is 1. The van der Waals surface area contributed by atoms with E-state index in [9.17, 15) is 0 Å². The minimum absolute atomic E-state index is 0.300. The zero-order valence-electron chi connectivity index (χ0n) is 6.93. The Balaban J connectivity index is 1.99. The molecule has 1 N–H and O–H groups in total. The van der Waals surface area contributed by atoms with Crippen LogP contribution >= 0.6 is 11.8 Å². The van der Waals surface area contributed by atoms with E-state index in [1.807, 2.05) is 11.8 Å². The van der Waals surface area contributed by atoms with E-state index in [0.717, 1.165) is 19.1 Å². The van der Waals surface area contributed by atoms with E-state index < -0.39 is 0 Å². The average molecular weight is 173 g/mol. The largest absolute Gasteiger partial charge is 0.382 e. The number of hydrogen-bond donors (Lipinski definition) is 1. The molecule has 1 atom stereocenters. The van der Waals surface area contributed by atoms with Crippen molar-refractivity contribution in [2.75, 3.05) is 26.0 Å². The molecule has 1 aliphatic heterocycles. The lowest BCUT2D eigenvalue weighted by Gasteiger charge is -2.27. The molecular weight excluding hydrogens is 158 g/mol. The molecule has 1 aliphatic carbocycles. The van der Waals surface area contributed by atoms with Crippen LogP contribution in [0.1, 0.15) is 12.8 Å². The van der Waals surface area contributed by atoms with Gasteiger partial charge in [-0.25, -0.2) is 0 Å². The second kappa shape index (κ2) is 2.96. The summed E-state index contributed by atoms with van der Waals surface area (Å²) in [5, 5.41) is 3.57. The van der Waals surface area contributed by atoms with E-state index in [-0.39, 0.29) is 0 Å². The third kappa shape index (κ3) is 1.42. The summed E-state index contributed by atoms with van der Waals surface area (Å²) in [6, 6.07) is 0. The second-order valence-corrected chi connectivity index (χ2v) is 4.80. The maximum atomic E-state index is 5.25. The van der Waals surface area contributed by atoms with Crippen LogP contribution in [0.25, 0.3) is 0 Å². The first-order valence-electron chi connectivity index (χ1n) is 4.25. The van der Waals surface area contributed by atoms with E-state index in [0.29, 0.717) is 4.87 Å². The molecule has 2 fully saturated rings. The van der Waals surface area contributed by atoms with Crippen LogP contribution in [-0.2, 0) is 4.74 Å². The molecule has 2 rings (SSSR count). The van der Waals surface area contributed by atoms with E-state index in [4.69, 9.17) is 4.74 Å². The summed E-state index contributed by atoms with van der Waals surface area (Å²) >= 11 is 2.05. The van der Waals surface area contributed by atoms with Crippen molar-refractivity contribution in [2.45, 2.75) is 17.7 Å². The van der Waals surface area contributed by atoms with Crippen molar-refractivity contribution in [3.05, 3.63) is 0 Å². The Hall–Kier alpha value is 0.270. The molecule has 0 amide bonds. The van der Waals surface area contributed by atoms with Crippen LogP contribution in [0.2, 0.25) is 0 Å². The lowest BCUT2D eigenvalue weighted by atomic mass is 10.2. The fourth-order valence-electron chi connectivity index (χ4n) is 1.78. The van der Waals surface area contributed by atoms with Gasteiger partial charge in [0.05, 0.1) is 11.5 Å². The highest BCUT2D eigenvalue weighted by atomic mass is 32.2. The number of rotatable bonds is 3. The van der Waals surface area contributed by atoms with Crippen molar-refractivity contribution in [2.24, 2.45) is 5.92 Å². The van der Waals surface area contributed by atoms with Gasteiger partial charge >= 0.3 is 0 Å². The van der Waals surface area contributed by atoms with Gasteiger partial charge in [-0.15, -0.1) is 11.8 Å². The van der Waals surface area contributed by atoms with Gasteiger partial charge in [0.15, 0.2) is 0 Å². The van der Waals surface area contributed by atoms with Gasteiger partial charge < -0.3 is 4.74 Å². The molecule has 11 heavy (non-hydrogen) atoms. The van der Waals surface area contributed by atoms with Crippen molar-refractivity contribution in [3.8, 4) is 0 Å². The topological polar surface area (TPSA) is 21.3 Å². The number of nitrogens with one attached hydrogen (secondary N) is 1. The van der Waals surface area contributed by atoms with Crippen molar-refractivity contribution in [3.63, 3.8) is 0 Å². The summed E-state index contributed by atoms with van der Waals surface area (Å²) < 4.78 is 5.25. The zero-order valence-corrected chi connectivity index (χ0v) is 7.75. The fraction of sp³-hybridized carbons (Fsp3) is 1.00. The maximum Gasteiger partial charge on any atom is 0.0910 e. The molecule has 1 saturated heterocycles. The van der Waals surface area contributed by atoms with Crippen molar-refractivity contribution < 1.29 is 4.74 Å². The van der Waals surface area contributed by atoms with Crippen molar-refractivity contribution in [1.29, 1.82) is 0 Å². The van der Waals surface area contributed by atoms with Gasteiger partial charge in [-0.05, 0) is 18.8 Å². The van der Waals surface area contributed by atoms with Crippen LogP contribution in [-0.4, -0.2) is 30.9 Å². The molecule has 64 valence electrons. The Bertz CT molecular complexity index is 141. The molecular formula is C8H15NOS. The standard InChI is InChI=1S/C8H15NOS/c1-10-6-8(7-2-3-7)9-4-5-11-8/h7,9H,2-6H2,1H3. The van der Waals surface area contributed by atoms with Crippen LogP contribution in [0, 0.1) is 5.92 Å². The van der Waals surface area contributed by atoms with E-state index in [1.54, 1.807) is 7.11 Å². The molecule has 0 aromatic carbocycles. The number of methoxy groups -OCH3 is 1. The van der Waals surface area contributed by atoms with Gasteiger partial charge in [0.2, 0.25) is 0 Å². The Morgan fingerprint density at radius 3 is 2.91 bits per heavy atom. The van der Waals surface area contributed by atoms with Gasteiger partial charge in [-0.3, -0.25) is 5.32 Å². The Morgan fingerprint density at radius 1 is 1.64 bits per heavy atom. The average Bonchev–Trinajstić information content (AvgIpc) is 2.76. The van der Waals surface area contributed by atoms with Crippen LogP contribution in [0.15, 0.2) is 0 Å². The molecule has 3 heteroatoms. The molecule has 1 saturated carbocycles. The normalized spacial score (nSPS) is 37.9. The highest BCUT2D eigenvalue weighted by Gasteiger charge is 2.47. The molecule has 0 spiro atoms. The number of ether oxygens (including phenoxy) is 1. The summed E-state index contributed by atoms with van der Waals surface area (Å²) in [7, 11) is 1.80. The van der Waals surface area contributed by atoms with Gasteiger partial charge in [-0.1, -0.05) is 0 Å². The highest BCUT2D eigenvalue weighted by molar-refractivity contribution is 8.00. The zero-order chi connectivity index (χ0) is 7.73. The van der Waals surface area contributed by atoms with Gasteiger partial charge in [0.1, 0.15) is 0 Å². The maximum absolute atomic E-state index is 5.25. The Labute approximate surface area is 72.1 Å². The summed E-state index contributed by atoms with van der Waals surface area (Å²) in [6.45, 7) is 2.03. The minimum Gasteiger partial charge on any atom is -0.382 e. The van der Waals surface area contributed by atoms with Crippen LogP contribution in [0.5, 0.6) is 0 Å². The van der Waals surface area contributed by atoms with E-state index >= 15 is 0 Å². The first kappa shape index (κ1) is 7.90. The highest BCUT2D eigenvalue weighted by Crippen LogP contribution is 2.47. The SMILES string of the molecule is COCC1(C2CC2)NCCS1. The number of hydrogen-bond acceptors (Lipinski definition) is 3. The predicted molar refractivity (Wildman–Crippen MR) is 47.8 cm³/mol. The smallest absolute Gasteiger partial charge is 0.0910 e. The van der Waals surface area contributed by atoms with Crippen LogP contribution in [0.3, 0.4) is 0 Å². The summed E-state index contributed by atoms with van der Waals surface area (Å²) in [5.41, 5.74) is 0. The lowest BCUT2D eigenvalue weighted by Crippen LogP contribution is -2.43. The quantitative estimate of drug-likeness (QED) is 0.690. The van der Waals surface area contributed by atoms with Gasteiger partial charge in [0, 0.05) is 19.4 Å². The molecule has 2 aliphatic rings. The minimum atomic E-state index is 0.300. The van der Waals surface area contributed by atoms with Gasteiger partial charge in [-0.2, -0.15) is 0 Å².